The Morgan fingerprint density at radius 3 is 2.59 bits per heavy atom. The average molecular weight is 313 g/mol. The van der Waals surface area contributed by atoms with Gasteiger partial charge in [-0.05, 0) is 24.3 Å². The smallest absolute Gasteiger partial charge is 0.121 e. The minimum absolute atomic E-state index is 0.136. The highest BCUT2D eigenvalue weighted by atomic mass is 32.2. The molecule has 0 aliphatic heterocycles. The summed E-state index contributed by atoms with van der Waals surface area (Å²) in [6.45, 7) is 0. The van der Waals surface area contributed by atoms with Gasteiger partial charge in [-0.15, -0.1) is 4.72 Å². The minimum atomic E-state index is 0.136. The van der Waals surface area contributed by atoms with Gasteiger partial charge < -0.3 is 0 Å². The molecule has 3 rings (SSSR count). The number of hydrogen-bond acceptors (Lipinski definition) is 1. The zero-order chi connectivity index (χ0) is 15.2. The molecule has 1 aromatic carbocycles. The van der Waals surface area contributed by atoms with E-state index in [0.717, 1.165) is 12.3 Å². The van der Waals surface area contributed by atoms with Gasteiger partial charge in [0.15, 0.2) is 10.3 Å². The van der Waals surface area contributed by atoms with Crippen molar-refractivity contribution in [3.8, 4) is 0 Å². The Morgan fingerprint density at radius 2 is 1.86 bits per heavy atom. The van der Waals surface area contributed by atoms with Gasteiger partial charge in [-0.3, -0.25) is 0 Å². The molecule has 2 aromatic rings. The predicted octanol–water partition coefficient (Wildman–Crippen LogP) is 5.91. The summed E-state index contributed by atoms with van der Waals surface area (Å²) in [4.78, 5) is 1.61. The van der Waals surface area contributed by atoms with Crippen LogP contribution < -0.4 is 4.72 Å². The van der Waals surface area contributed by atoms with Crippen LogP contribution in [0.2, 0.25) is 0 Å². The molecule has 0 saturated heterocycles. The monoisotopic (exact) mass is 312 g/mol. The van der Waals surface area contributed by atoms with Gasteiger partial charge in [0.2, 0.25) is 0 Å². The molecule has 1 nitrogen and oxygen atoms in total. The Kier molecular flexibility index (Phi) is 5.47. The highest BCUT2D eigenvalue weighted by Gasteiger charge is 2.25. The lowest BCUT2D eigenvalue weighted by molar-refractivity contribution is 0.443. The van der Waals surface area contributed by atoms with E-state index >= 15 is 0 Å². The van der Waals surface area contributed by atoms with Crippen molar-refractivity contribution in [2.45, 2.75) is 44.4 Å². The van der Waals surface area contributed by atoms with E-state index in [-0.39, 0.29) is 10.7 Å². The summed E-state index contributed by atoms with van der Waals surface area (Å²) in [6, 6.07) is 13.0. The average Bonchev–Trinajstić information content (AvgIpc) is 2.99. The Labute approximate surface area is 137 Å². The first kappa shape index (κ1) is 15.5. The lowest BCUT2D eigenvalue weighted by atomic mass is 9.84. The summed E-state index contributed by atoms with van der Waals surface area (Å²) in [5.74, 6) is 0.802. The summed E-state index contributed by atoms with van der Waals surface area (Å²) < 4.78 is 3.48. The fourth-order valence-electron chi connectivity index (χ4n) is 3.49. The zero-order valence-electron chi connectivity index (χ0n) is 13.4. The van der Waals surface area contributed by atoms with Crippen LogP contribution in [0.4, 0.5) is 0 Å². The van der Waals surface area contributed by atoms with Crippen molar-refractivity contribution in [1.82, 2.24) is 0 Å². The molecule has 1 aliphatic rings. The van der Waals surface area contributed by atoms with Crippen molar-refractivity contribution in [2.24, 2.45) is 0 Å². The van der Waals surface area contributed by atoms with E-state index in [0.29, 0.717) is 0 Å². The number of rotatable bonds is 5. The Bertz CT molecular complexity index is 606. The topological polar surface area (TPSA) is 12.0 Å². The van der Waals surface area contributed by atoms with Crippen LogP contribution in [0.5, 0.6) is 0 Å². The molecular weight excluding hydrogens is 286 g/mol. The highest BCUT2D eigenvalue weighted by molar-refractivity contribution is 7.31. The molecular formula is C20H26NS+. The van der Waals surface area contributed by atoms with Crippen molar-refractivity contribution < 1.29 is 0 Å². The molecule has 0 bridgehead atoms. The Balaban J connectivity index is 1.76. The van der Waals surface area contributed by atoms with Gasteiger partial charge in [0.05, 0.1) is 10.7 Å². The molecule has 2 heteroatoms. The van der Waals surface area contributed by atoms with Crippen LogP contribution in [-0.2, 0) is 6.42 Å². The summed E-state index contributed by atoms with van der Waals surface area (Å²) in [7, 11) is 2.22. The van der Waals surface area contributed by atoms with Crippen LogP contribution in [-0.4, -0.2) is 7.05 Å². The largest absolute Gasteiger partial charge is 0.179 e. The molecule has 0 spiro atoms. The Hall–Kier alpha value is -1.38. The fourth-order valence-corrected chi connectivity index (χ4v) is 5.08. The summed E-state index contributed by atoms with van der Waals surface area (Å²) in [5, 5.41) is 2.37. The van der Waals surface area contributed by atoms with Gasteiger partial charge in [0.25, 0.3) is 0 Å². The normalized spacial score (nSPS) is 17.2. The lowest BCUT2D eigenvalue weighted by Gasteiger charge is -2.20. The quantitative estimate of drug-likeness (QED) is 0.676. The van der Waals surface area contributed by atoms with E-state index in [4.69, 9.17) is 0 Å². The van der Waals surface area contributed by atoms with Gasteiger partial charge >= 0.3 is 0 Å². The first-order valence-electron chi connectivity index (χ1n) is 8.42. The number of hydrogen-bond donors (Lipinski definition) is 1. The maximum atomic E-state index is 3.48. The van der Waals surface area contributed by atoms with Crippen molar-refractivity contribution in [3.63, 3.8) is 0 Å². The van der Waals surface area contributed by atoms with Crippen molar-refractivity contribution >= 4 is 16.7 Å². The third-order valence-electron chi connectivity index (χ3n) is 4.65. The first-order valence-corrected chi connectivity index (χ1v) is 9.70. The highest BCUT2D eigenvalue weighted by Crippen LogP contribution is 2.39. The third-order valence-corrected chi connectivity index (χ3v) is 6.43. The van der Waals surface area contributed by atoms with Crippen LogP contribution in [0.15, 0.2) is 47.9 Å². The third kappa shape index (κ3) is 3.68. The second-order valence-corrected chi connectivity index (χ2v) is 7.92. The van der Waals surface area contributed by atoms with Gasteiger partial charge in [-0.25, -0.2) is 0 Å². The second-order valence-electron chi connectivity index (χ2n) is 6.08. The van der Waals surface area contributed by atoms with Crippen LogP contribution in [0.25, 0.3) is 6.08 Å². The standard InChI is InChI=1S/C20H26NS/c1-21-22-16-15-19(18-12-6-3-7-13-18)20(22)14-8-11-17-9-4-2-5-10-17/h2,4-5,8-11,15-16,18,21H,3,6-7,12-14H2,1H3/q+1. The van der Waals surface area contributed by atoms with Gasteiger partial charge in [-0.2, -0.15) is 0 Å². The molecule has 1 N–H and O–H groups in total. The lowest BCUT2D eigenvalue weighted by Crippen LogP contribution is -2.05. The van der Waals surface area contributed by atoms with Crippen molar-refractivity contribution in [2.75, 3.05) is 11.8 Å². The van der Waals surface area contributed by atoms with Gasteiger partial charge in [-0.1, -0.05) is 61.7 Å². The molecule has 22 heavy (non-hydrogen) atoms. The molecule has 1 fully saturated rings. The number of nitrogens with one attached hydrogen (secondary N) is 1. The first-order chi connectivity index (χ1) is 10.9. The van der Waals surface area contributed by atoms with Crippen molar-refractivity contribution in [1.29, 1.82) is 0 Å². The van der Waals surface area contributed by atoms with Crippen LogP contribution in [0.1, 0.15) is 54.0 Å². The number of benzene rings is 1. The second kappa shape index (κ2) is 7.75. The maximum Gasteiger partial charge on any atom is 0.179 e. The summed E-state index contributed by atoms with van der Waals surface area (Å²) in [5.41, 5.74) is 2.92. The number of allylic oxidation sites excluding steroid dienone is 1. The minimum Gasteiger partial charge on any atom is -0.121 e. The Morgan fingerprint density at radius 1 is 1.09 bits per heavy atom. The molecule has 1 heterocycles. The van der Waals surface area contributed by atoms with Gasteiger partial charge in [0, 0.05) is 25.1 Å². The van der Waals surface area contributed by atoms with E-state index in [1.165, 1.54) is 37.7 Å². The fraction of sp³-hybridized carbons (Fsp3) is 0.400. The number of thiophene rings is 1. The molecule has 1 saturated carbocycles. The van der Waals surface area contributed by atoms with Crippen molar-refractivity contribution in [3.05, 3.63) is 63.9 Å². The summed E-state index contributed by atoms with van der Waals surface area (Å²) in [6.07, 6.45) is 12.6. The zero-order valence-corrected chi connectivity index (χ0v) is 14.2. The van der Waals surface area contributed by atoms with E-state index in [1.54, 1.807) is 10.4 Å². The van der Waals surface area contributed by atoms with E-state index in [9.17, 15) is 0 Å². The van der Waals surface area contributed by atoms with Crippen LogP contribution >= 0.6 is 10.7 Å². The molecule has 0 amide bonds. The molecule has 0 radical (unpaired) electrons. The predicted molar refractivity (Wildman–Crippen MR) is 99.2 cm³/mol. The molecule has 1 aliphatic carbocycles. The molecule has 1 unspecified atom stereocenters. The van der Waals surface area contributed by atoms with Gasteiger partial charge in [0.1, 0.15) is 0 Å². The summed E-state index contributed by atoms with van der Waals surface area (Å²) >= 11 is 0. The maximum absolute atomic E-state index is 3.48. The van der Waals surface area contributed by atoms with E-state index < -0.39 is 0 Å². The van der Waals surface area contributed by atoms with Crippen LogP contribution in [0, 0.1) is 0 Å². The molecule has 116 valence electrons. The van der Waals surface area contributed by atoms with E-state index in [2.05, 4.69) is 65.7 Å². The SMILES string of the molecule is CN[s+]1ccc(C2CCCCC2)c1CC=Cc1ccccc1. The molecule has 1 atom stereocenters. The van der Waals surface area contributed by atoms with E-state index in [1.807, 2.05) is 0 Å². The van der Waals surface area contributed by atoms with Crippen LogP contribution in [0.3, 0.4) is 0 Å². The molecule has 1 aromatic heterocycles.